The molecular weight excluding hydrogens is 422 g/mol. The number of carbonyl (C=O) groups is 1. The zero-order valence-corrected chi connectivity index (χ0v) is 18.4. The maximum atomic E-state index is 12.4. The van der Waals surface area contributed by atoms with Crippen LogP contribution < -0.4 is 5.32 Å². The molecule has 0 atom stereocenters. The number of hydrogen-bond donors (Lipinski definition) is 1. The molecule has 9 heteroatoms. The molecule has 0 saturated heterocycles. The van der Waals surface area contributed by atoms with Crippen LogP contribution in [0.2, 0.25) is 5.02 Å². The number of halogens is 1. The Hall–Kier alpha value is -2.32. The third kappa shape index (κ3) is 4.70. The van der Waals surface area contributed by atoms with E-state index in [1.165, 1.54) is 25.7 Å². The molecule has 0 aliphatic heterocycles. The topological polar surface area (TPSA) is 85.8 Å². The Balaban J connectivity index is 1.31. The molecule has 0 radical (unpaired) electrons. The van der Waals surface area contributed by atoms with Crippen LogP contribution in [0.15, 0.2) is 40.0 Å². The van der Waals surface area contributed by atoms with E-state index in [9.17, 15) is 4.79 Å². The largest absolute Gasteiger partial charge is 0.355 e. The number of amides is 1. The van der Waals surface area contributed by atoms with Crippen LogP contribution in [0.4, 0.5) is 0 Å². The van der Waals surface area contributed by atoms with E-state index in [1.54, 1.807) is 30.0 Å². The summed E-state index contributed by atoms with van der Waals surface area (Å²) in [5.74, 6) is 1.29. The lowest BCUT2D eigenvalue weighted by atomic mass is 10.1. The number of aromatic nitrogens is 4. The number of nitrogens with one attached hydrogen (secondary N) is 1. The fourth-order valence-corrected chi connectivity index (χ4v) is 4.52. The van der Waals surface area contributed by atoms with Gasteiger partial charge >= 0.3 is 0 Å². The van der Waals surface area contributed by atoms with E-state index in [0.29, 0.717) is 23.4 Å². The number of thioether (sulfide) groups is 1. The molecule has 0 unspecified atom stereocenters. The van der Waals surface area contributed by atoms with Crippen LogP contribution in [-0.4, -0.2) is 38.6 Å². The van der Waals surface area contributed by atoms with Crippen molar-refractivity contribution in [3.05, 3.63) is 46.9 Å². The SMILES string of the molecule is CSc1nnc(CCCNC(=O)c2cc(-c3ccc(Cl)cc3)on2)n1C1CCCC1. The maximum Gasteiger partial charge on any atom is 0.273 e. The van der Waals surface area contributed by atoms with Gasteiger partial charge in [-0.15, -0.1) is 10.2 Å². The average molecular weight is 446 g/mol. The van der Waals surface area contributed by atoms with Gasteiger partial charge in [-0.25, -0.2) is 0 Å². The molecule has 4 rings (SSSR count). The Morgan fingerprint density at radius 2 is 2.03 bits per heavy atom. The van der Waals surface area contributed by atoms with E-state index >= 15 is 0 Å². The molecule has 7 nitrogen and oxygen atoms in total. The van der Waals surface area contributed by atoms with Crippen LogP contribution in [0.5, 0.6) is 0 Å². The molecule has 1 aliphatic rings. The summed E-state index contributed by atoms with van der Waals surface area (Å²) in [6.07, 6.45) is 8.51. The molecule has 1 aromatic carbocycles. The zero-order valence-electron chi connectivity index (χ0n) is 16.8. The predicted molar refractivity (Wildman–Crippen MR) is 117 cm³/mol. The molecule has 1 aliphatic carbocycles. The van der Waals surface area contributed by atoms with Gasteiger partial charge in [-0.2, -0.15) is 0 Å². The van der Waals surface area contributed by atoms with Crippen molar-refractivity contribution in [3.63, 3.8) is 0 Å². The maximum absolute atomic E-state index is 12.4. The second kappa shape index (κ2) is 9.66. The van der Waals surface area contributed by atoms with Gasteiger partial charge in [0.2, 0.25) is 0 Å². The normalized spacial score (nSPS) is 14.3. The minimum absolute atomic E-state index is 0.249. The van der Waals surface area contributed by atoms with Crippen molar-refractivity contribution in [2.24, 2.45) is 0 Å². The van der Waals surface area contributed by atoms with Crippen LogP contribution in [0.3, 0.4) is 0 Å². The molecular formula is C21H24ClN5O2S. The zero-order chi connectivity index (χ0) is 20.9. The summed E-state index contributed by atoms with van der Waals surface area (Å²) in [7, 11) is 0. The van der Waals surface area contributed by atoms with Crippen LogP contribution >= 0.6 is 23.4 Å². The van der Waals surface area contributed by atoms with E-state index in [1.807, 2.05) is 18.4 Å². The molecule has 2 aromatic heterocycles. The molecule has 158 valence electrons. The van der Waals surface area contributed by atoms with Crippen LogP contribution in [0.25, 0.3) is 11.3 Å². The summed E-state index contributed by atoms with van der Waals surface area (Å²) in [6.45, 7) is 0.536. The van der Waals surface area contributed by atoms with E-state index in [2.05, 4.69) is 25.2 Å². The van der Waals surface area contributed by atoms with E-state index in [4.69, 9.17) is 16.1 Å². The van der Waals surface area contributed by atoms with Gasteiger partial charge in [-0.3, -0.25) is 4.79 Å². The molecule has 1 N–H and O–H groups in total. The highest BCUT2D eigenvalue weighted by Crippen LogP contribution is 2.33. The molecule has 0 bridgehead atoms. The first-order valence-electron chi connectivity index (χ1n) is 10.1. The molecule has 0 spiro atoms. The van der Waals surface area contributed by atoms with Crippen molar-refractivity contribution in [3.8, 4) is 11.3 Å². The summed E-state index contributed by atoms with van der Waals surface area (Å²) in [6, 6.07) is 9.34. The first-order chi connectivity index (χ1) is 14.7. The molecule has 1 amide bonds. The summed E-state index contributed by atoms with van der Waals surface area (Å²) in [5.41, 5.74) is 1.08. The number of nitrogens with zero attached hydrogens (tertiary/aromatic N) is 4. The van der Waals surface area contributed by atoms with Crippen molar-refractivity contribution < 1.29 is 9.32 Å². The fourth-order valence-electron chi connectivity index (χ4n) is 3.82. The molecule has 1 fully saturated rings. The van der Waals surface area contributed by atoms with Gasteiger partial charge in [0, 0.05) is 35.7 Å². The lowest BCUT2D eigenvalue weighted by Crippen LogP contribution is -2.25. The Kier molecular flexibility index (Phi) is 6.74. The number of benzene rings is 1. The standard InChI is InChI=1S/C21H24ClN5O2S/c1-30-21-25-24-19(27(21)16-5-2-3-6-16)7-4-12-23-20(28)17-13-18(29-26-17)14-8-10-15(22)11-9-14/h8-11,13,16H,2-7,12H2,1H3,(H,23,28). The average Bonchev–Trinajstić information content (AvgIpc) is 3.51. The van der Waals surface area contributed by atoms with Gasteiger partial charge in [0.05, 0.1) is 0 Å². The Labute approximate surface area is 184 Å². The third-order valence-electron chi connectivity index (χ3n) is 5.34. The second-order valence-corrected chi connectivity index (χ2v) is 8.56. The second-order valence-electron chi connectivity index (χ2n) is 7.35. The Morgan fingerprint density at radius 3 is 2.77 bits per heavy atom. The van der Waals surface area contributed by atoms with Crippen molar-refractivity contribution >= 4 is 29.3 Å². The van der Waals surface area contributed by atoms with Gasteiger partial charge in [-0.05, 0) is 49.8 Å². The van der Waals surface area contributed by atoms with Gasteiger partial charge in [-0.1, -0.05) is 41.4 Å². The highest BCUT2D eigenvalue weighted by Gasteiger charge is 2.23. The minimum Gasteiger partial charge on any atom is -0.355 e. The third-order valence-corrected chi connectivity index (χ3v) is 6.24. The van der Waals surface area contributed by atoms with Crippen LogP contribution in [0.1, 0.15) is 54.5 Å². The van der Waals surface area contributed by atoms with Gasteiger partial charge in [0.1, 0.15) is 5.82 Å². The van der Waals surface area contributed by atoms with Crippen LogP contribution in [0, 0.1) is 0 Å². The highest BCUT2D eigenvalue weighted by atomic mass is 35.5. The van der Waals surface area contributed by atoms with Crippen LogP contribution in [-0.2, 0) is 6.42 Å². The Bertz CT molecular complexity index is 995. The number of hydrogen-bond acceptors (Lipinski definition) is 6. The van der Waals surface area contributed by atoms with Crippen molar-refractivity contribution in [2.45, 2.75) is 49.7 Å². The number of rotatable bonds is 8. The van der Waals surface area contributed by atoms with Gasteiger partial charge in [0.15, 0.2) is 16.6 Å². The molecule has 2 heterocycles. The summed E-state index contributed by atoms with van der Waals surface area (Å²) in [5, 5.41) is 17.1. The smallest absolute Gasteiger partial charge is 0.273 e. The summed E-state index contributed by atoms with van der Waals surface area (Å²) >= 11 is 7.54. The van der Waals surface area contributed by atoms with Crippen molar-refractivity contribution in [1.82, 2.24) is 25.2 Å². The van der Waals surface area contributed by atoms with E-state index in [-0.39, 0.29) is 11.6 Å². The quantitative estimate of drug-likeness (QED) is 0.396. The number of carbonyl (C=O) groups excluding carboxylic acids is 1. The van der Waals surface area contributed by atoms with E-state index < -0.39 is 0 Å². The summed E-state index contributed by atoms with van der Waals surface area (Å²) in [4.78, 5) is 12.4. The first-order valence-corrected chi connectivity index (χ1v) is 11.7. The fraction of sp³-hybridized carbons (Fsp3) is 0.429. The molecule has 1 saturated carbocycles. The monoisotopic (exact) mass is 445 g/mol. The van der Waals surface area contributed by atoms with Crippen molar-refractivity contribution in [1.29, 1.82) is 0 Å². The summed E-state index contributed by atoms with van der Waals surface area (Å²) < 4.78 is 7.60. The lowest BCUT2D eigenvalue weighted by Gasteiger charge is -2.16. The van der Waals surface area contributed by atoms with Gasteiger partial charge in [0.25, 0.3) is 5.91 Å². The highest BCUT2D eigenvalue weighted by molar-refractivity contribution is 7.98. The minimum atomic E-state index is -0.249. The molecule has 30 heavy (non-hydrogen) atoms. The lowest BCUT2D eigenvalue weighted by molar-refractivity contribution is 0.0944. The first kappa shape index (κ1) is 20.9. The predicted octanol–water partition coefficient (Wildman–Crippen LogP) is 4.79. The Morgan fingerprint density at radius 1 is 1.27 bits per heavy atom. The molecule has 3 aromatic rings. The van der Waals surface area contributed by atoms with Gasteiger partial charge < -0.3 is 14.4 Å². The van der Waals surface area contributed by atoms with Crippen molar-refractivity contribution in [2.75, 3.05) is 12.8 Å². The number of aryl methyl sites for hydroxylation is 1. The van der Waals surface area contributed by atoms with E-state index in [0.717, 1.165) is 29.4 Å².